The van der Waals surface area contributed by atoms with Crippen LogP contribution >= 0.6 is 31.9 Å². The summed E-state index contributed by atoms with van der Waals surface area (Å²) in [5.74, 6) is 0. The van der Waals surface area contributed by atoms with Crippen LogP contribution in [-0.2, 0) is 0 Å². The molecule has 0 aliphatic rings. The second-order valence-corrected chi connectivity index (χ2v) is 7.07. The van der Waals surface area contributed by atoms with Gasteiger partial charge in [0.1, 0.15) is 0 Å². The fraction of sp³-hybridized carbons (Fsp3) is 0.556. The lowest BCUT2D eigenvalue weighted by atomic mass is 9.96. The predicted molar refractivity (Wildman–Crippen MR) is 86.3 cm³/mol. The Morgan fingerprint density at radius 1 is 0.680 bits per heavy atom. The summed E-state index contributed by atoms with van der Waals surface area (Å²) < 4.78 is -1.18. The van der Waals surface area contributed by atoms with Crippen LogP contribution in [0.15, 0.2) is 0 Å². The van der Waals surface area contributed by atoms with Crippen molar-refractivity contribution in [1.29, 1.82) is 0 Å². The number of carbonyl (C=O) groups is 4. The molecule has 0 aromatic rings. The van der Waals surface area contributed by atoms with Gasteiger partial charge in [-0.05, 0) is 31.9 Å². The van der Waals surface area contributed by atoms with Gasteiger partial charge in [0, 0.05) is 5.41 Å². The third-order valence-corrected chi connectivity index (χ3v) is 3.36. The Morgan fingerprint density at radius 3 is 0.800 bits per heavy atom. The summed E-state index contributed by atoms with van der Waals surface area (Å²) in [7, 11) is 0. The molecule has 0 aromatic carbocycles. The minimum absolute atomic E-state index is 0.0833. The lowest BCUT2D eigenvalue weighted by Gasteiger charge is -2.31. The second kappa shape index (κ2) is 18.3. The topological polar surface area (TPSA) is 271 Å². The van der Waals surface area contributed by atoms with Gasteiger partial charge >= 0.3 is 24.6 Å². The molecule has 0 aliphatic heterocycles. The Morgan fingerprint density at radius 2 is 0.800 bits per heavy atom. The van der Waals surface area contributed by atoms with Gasteiger partial charge in [-0.3, -0.25) is 0 Å². The number of alkyl halides is 2. The maximum atomic E-state index is 9.22. The molecule has 0 rings (SSSR count). The van der Waals surface area contributed by atoms with Crippen LogP contribution in [0.1, 0.15) is 13.8 Å². The molecule has 0 bridgehead atoms. The van der Waals surface area contributed by atoms with Gasteiger partial charge in [-0.1, -0.05) is 13.8 Å². The molecule has 0 amide bonds. The number of aliphatic hydroxyl groups excluding tert-OH is 1. The molecule has 25 heavy (non-hydrogen) atoms. The van der Waals surface area contributed by atoms with E-state index in [0.717, 1.165) is 0 Å². The van der Waals surface area contributed by atoms with Gasteiger partial charge in [0.15, 0.2) is 3.42 Å². The zero-order valence-electron chi connectivity index (χ0n) is 12.6. The first kappa shape index (κ1) is 34.3. The highest BCUT2D eigenvalue weighted by atomic mass is 79.9. The van der Waals surface area contributed by atoms with Crippen molar-refractivity contribution in [2.45, 2.75) is 17.3 Å². The Labute approximate surface area is 156 Å². The van der Waals surface area contributed by atoms with E-state index in [1.807, 2.05) is 0 Å². The molecule has 0 saturated heterocycles. The molecule has 0 spiro atoms. The summed E-state index contributed by atoms with van der Waals surface area (Å²) in [5, 5.41) is 73.7. The van der Waals surface area contributed by atoms with E-state index in [1.165, 1.54) is 0 Å². The summed E-state index contributed by atoms with van der Waals surface area (Å²) in [4.78, 5) is 34.2. The quantitative estimate of drug-likeness (QED) is 0.239. The van der Waals surface area contributed by atoms with Crippen molar-refractivity contribution in [3.63, 3.8) is 0 Å². The zero-order valence-corrected chi connectivity index (χ0v) is 15.7. The smallest absolute Gasteiger partial charge is 0.450 e. The molecule has 0 radical (unpaired) electrons. The van der Waals surface area contributed by atoms with Gasteiger partial charge in [-0.15, -0.1) is 0 Å². The minimum Gasteiger partial charge on any atom is -0.450 e. The van der Waals surface area contributed by atoms with Gasteiger partial charge in [-0.2, -0.15) is 0 Å². The normalized spacial score (nSPS) is 8.88. The molecule has 0 saturated carbocycles. The third kappa shape index (κ3) is 88.2. The number of carboxylic acid groups (broad SMARTS) is 8. The Kier molecular flexibility index (Phi) is 25.1. The molecule has 0 aromatic heterocycles. The molecule has 16 heteroatoms. The first-order chi connectivity index (χ1) is 10.7. The van der Waals surface area contributed by atoms with Crippen LogP contribution in [0.4, 0.5) is 19.2 Å². The first-order valence-corrected chi connectivity index (χ1v) is 6.71. The Bertz CT molecular complexity index is 324. The van der Waals surface area contributed by atoms with E-state index in [0.29, 0.717) is 0 Å². The average molecular weight is 510 g/mol. The third-order valence-electron chi connectivity index (χ3n) is 1.21. The van der Waals surface area contributed by atoms with Crippen LogP contribution in [0.5, 0.6) is 0 Å². The lowest BCUT2D eigenvalue weighted by molar-refractivity contribution is 0.0508. The highest BCUT2D eigenvalue weighted by Crippen LogP contribution is 2.40. The Hall–Kier alpha value is -2.04. The summed E-state index contributed by atoms with van der Waals surface area (Å²) in [6.45, 7) is 3.38. The highest BCUT2D eigenvalue weighted by Gasteiger charge is 2.38. The molecule has 10 N–H and O–H groups in total. The molecule has 0 unspecified atom stereocenters. The van der Waals surface area contributed by atoms with Crippen LogP contribution in [-0.4, -0.2) is 85.7 Å². The molecule has 0 heterocycles. The summed E-state index contributed by atoms with van der Waals surface area (Å²) in [6, 6.07) is 0. The van der Waals surface area contributed by atoms with Crippen molar-refractivity contribution < 1.29 is 70.2 Å². The molecule has 152 valence electrons. The van der Waals surface area contributed by atoms with E-state index >= 15 is 0 Å². The van der Waals surface area contributed by atoms with E-state index in [9.17, 15) is 5.11 Å². The first-order valence-electron chi connectivity index (χ1n) is 5.13. The van der Waals surface area contributed by atoms with Gasteiger partial charge < -0.3 is 51.1 Å². The van der Waals surface area contributed by atoms with Crippen LogP contribution in [0.2, 0.25) is 0 Å². The molecule has 0 atom stereocenters. The number of halogens is 2. The highest BCUT2D eigenvalue weighted by molar-refractivity contribution is 9.25. The average Bonchev–Trinajstić information content (AvgIpc) is 2.23. The lowest BCUT2D eigenvalue weighted by Crippen LogP contribution is -2.36. The monoisotopic (exact) mass is 508 g/mol. The predicted octanol–water partition coefficient (Wildman–Crippen LogP) is 2.33. The van der Waals surface area contributed by atoms with Crippen molar-refractivity contribution in [1.82, 2.24) is 0 Å². The maximum Gasteiger partial charge on any atom is 0.503 e. The molecular formula is C9H18Br2O14. The van der Waals surface area contributed by atoms with Gasteiger partial charge in [0.25, 0.3) is 0 Å². The van der Waals surface area contributed by atoms with E-state index in [1.54, 1.807) is 13.8 Å². The molecule has 0 aliphatic carbocycles. The van der Waals surface area contributed by atoms with Gasteiger partial charge in [0.2, 0.25) is 0 Å². The fourth-order valence-corrected chi connectivity index (χ4v) is 0.346. The zero-order chi connectivity index (χ0) is 22.0. The minimum atomic E-state index is -1.83. The van der Waals surface area contributed by atoms with Crippen molar-refractivity contribution >= 4 is 56.5 Å². The summed E-state index contributed by atoms with van der Waals surface area (Å²) in [6.07, 6.45) is -7.33. The van der Waals surface area contributed by atoms with Crippen LogP contribution < -0.4 is 0 Å². The summed E-state index contributed by atoms with van der Waals surface area (Å²) >= 11 is 5.94. The van der Waals surface area contributed by atoms with Crippen molar-refractivity contribution in [3.8, 4) is 0 Å². The van der Waals surface area contributed by atoms with E-state index in [4.69, 9.17) is 65.1 Å². The SMILES string of the molecule is CC(C)(CO)C(O)(Br)Br.O=C(O)O.O=C(O)O.O=C(O)O.O=C(O)O. The van der Waals surface area contributed by atoms with Gasteiger partial charge in [-0.25, -0.2) is 19.2 Å². The molecular weight excluding hydrogens is 492 g/mol. The van der Waals surface area contributed by atoms with E-state index < -0.39 is 33.5 Å². The largest absolute Gasteiger partial charge is 0.503 e. The summed E-state index contributed by atoms with van der Waals surface area (Å²) in [5.41, 5.74) is -0.576. The van der Waals surface area contributed by atoms with E-state index in [2.05, 4.69) is 31.9 Å². The van der Waals surface area contributed by atoms with Crippen LogP contribution in [0.25, 0.3) is 0 Å². The van der Waals surface area contributed by atoms with Crippen molar-refractivity contribution in [2.75, 3.05) is 6.61 Å². The second-order valence-electron chi connectivity index (χ2n) is 3.71. The Balaban J connectivity index is -0.0000000714. The number of hydrogen-bond acceptors (Lipinski definition) is 6. The standard InChI is InChI=1S/C5H10Br2O2.4CH2O3/c1-4(2,3-8)5(6,7)9;4*2-1(3)4/h8-9H,3H2,1-2H3;4*(H2,2,3,4). The molecule has 0 fully saturated rings. The number of aliphatic hydroxyl groups is 2. The van der Waals surface area contributed by atoms with Gasteiger partial charge in [0.05, 0.1) is 6.61 Å². The maximum absolute atomic E-state index is 9.22. The van der Waals surface area contributed by atoms with E-state index in [-0.39, 0.29) is 6.61 Å². The van der Waals surface area contributed by atoms with Crippen LogP contribution in [0.3, 0.4) is 0 Å². The number of rotatable bonds is 2. The van der Waals surface area contributed by atoms with Crippen LogP contribution in [0, 0.1) is 5.41 Å². The van der Waals surface area contributed by atoms with Crippen molar-refractivity contribution in [2.24, 2.45) is 5.41 Å². The van der Waals surface area contributed by atoms with Crippen molar-refractivity contribution in [3.05, 3.63) is 0 Å². The fourth-order valence-electron chi connectivity index (χ4n) is 0.0951. The number of hydrogen-bond donors (Lipinski definition) is 10. The molecule has 14 nitrogen and oxygen atoms in total.